The van der Waals surface area contributed by atoms with Crippen LogP contribution in [0.4, 0.5) is 4.79 Å². The first-order valence-electron chi connectivity index (χ1n) is 13.5. The number of hydrogen-bond donors (Lipinski definition) is 2. The number of carbonyl (C=O) groups is 2. The van der Waals surface area contributed by atoms with Gasteiger partial charge in [-0.15, -0.1) is 0 Å². The molecule has 204 valence electrons. The number of aryl methyl sites for hydroxylation is 2. The van der Waals surface area contributed by atoms with Crippen LogP contribution in [-0.2, 0) is 22.6 Å². The third kappa shape index (κ3) is 6.74. The fraction of sp³-hybridized carbons (Fsp3) is 0.467. The molecule has 1 aliphatic heterocycles. The minimum Gasteiger partial charge on any atom is -0.444 e. The van der Waals surface area contributed by atoms with Gasteiger partial charge in [0, 0.05) is 81.1 Å². The third-order valence-corrected chi connectivity index (χ3v) is 7.21. The number of carbonyl (C=O) groups excluding carboxylic acids is 2. The maximum absolute atomic E-state index is 13.7. The standard InChI is InChI=1S/C30H40N4O4/c1-21(2)34(20-25-17-31-18-28(25)38-30(36)32-16-23-9-6-5-7-10-23)29(35)24-11-12-26-22(3)19-33(27(26)15-24)13-8-14-37-4/h5-7,9-12,15,19,21,25,28,31H,8,13-14,16-18,20H2,1-4H3,(H,32,36)/t25-,28+/m0/s1. The van der Waals surface area contributed by atoms with Crippen LogP contribution in [-0.4, -0.2) is 67.0 Å². The number of rotatable bonds is 11. The van der Waals surface area contributed by atoms with Gasteiger partial charge in [0.1, 0.15) is 6.10 Å². The van der Waals surface area contributed by atoms with Crippen LogP contribution in [0, 0.1) is 12.8 Å². The van der Waals surface area contributed by atoms with Gasteiger partial charge in [0.05, 0.1) is 0 Å². The Labute approximate surface area is 225 Å². The first-order chi connectivity index (χ1) is 18.4. The number of alkyl carbamates (subject to hydrolysis) is 1. The summed E-state index contributed by atoms with van der Waals surface area (Å²) in [5, 5.41) is 7.32. The number of methoxy groups -OCH3 is 1. The molecular formula is C30H40N4O4. The van der Waals surface area contributed by atoms with E-state index in [9.17, 15) is 9.59 Å². The predicted molar refractivity (Wildman–Crippen MR) is 149 cm³/mol. The van der Waals surface area contributed by atoms with Crippen LogP contribution in [0.25, 0.3) is 10.9 Å². The zero-order chi connectivity index (χ0) is 27.1. The zero-order valence-electron chi connectivity index (χ0n) is 22.9. The molecule has 2 N–H and O–H groups in total. The lowest BCUT2D eigenvalue weighted by Crippen LogP contribution is -2.44. The van der Waals surface area contributed by atoms with Gasteiger partial charge >= 0.3 is 6.09 Å². The molecule has 0 saturated carbocycles. The van der Waals surface area contributed by atoms with Gasteiger partial charge < -0.3 is 29.6 Å². The number of amides is 2. The monoisotopic (exact) mass is 520 g/mol. The quantitative estimate of drug-likeness (QED) is 0.367. The fourth-order valence-electron chi connectivity index (χ4n) is 5.10. The summed E-state index contributed by atoms with van der Waals surface area (Å²) in [7, 11) is 1.71. The Balaban J connectivity index is 1.43. The molecule has 38 heavy (non-hydrogen) atoms. The van der Waals surface area contributed by atoms with Crippen molar-refractivity contribution in [3.8, 4) is 0 Å². The summed E-state index contributed by atoms with van der Waals surface area (Å²) < 4.78 is 13.2. The summed E-state index contributed by atoms with van der Waals surface area (Å²) >= 11 is 0. The van der Waals surface area contributed by atoms with Crippen molar-refractivity contribution in [1.82, 2.24) is 20.1 Å². The number of hydrogen-bond acceptors (Lipinski definition) is 5. The molecule has 1 fully saturated rings. The molecule has 1 aliphatic rings. The number of nitrogens with zero attached hydrogens (tertiary/aromatic N) is 2. The van der Waals surface area contributed by atoms with Gasteiger partial charge in [-0.3, -0.25) is 4.79 Å². The Hall–Kier alpha value is -3.36. The molecule has 4 rings (SSSR count). The number of nitrogens with one attached hydrogen (secondary N) is 2. The highest BCUT2D eigenvalue weighted by Crippen LogP contribution is 2.25. The van der Waals surface area contributed by atoms with E-state index in [2.05, 4.69) is 28.3 Å². The highest BCUT2D eigenvalue weighted by atomic mass is 16.6. The van der Waals surface area contributed by atoms with E-state index in [4.69, 9.17) is 9.47 Å². The average Bonchev–Trinajstić information content (AvgIpc) is 3.49. The van der Waals surface area contributed by atoms with Gasteiger partial charge in [0.15, 0.2) is 0 Å². The van der Waals surface area contributed by atoms with Crippen LogP contribution in [0.1, 0.15) is 41.8 Å². The molecular weight excluding hydrogens is 480 g/mol. The zero-order valence-corrected chi connectivity index (χ0v) is 22.9. The molecule has 1 saturated heterocycles. The second-order valence-electron chi connectivity index (χ2n) is 10.3. The largest absolute Gasteiger partial charge is 0.444 e. The molecule has 2 heterocycles. The lowest BCUT2D eigenvalue weighted by molar-refractivity contribution is 0.0522. The molecule has 8 nitrogen and oxygen atoms in total. The van der Waals surface area contributed by atoms with Crippen LogP contribution < -0.4 is 10.6 Å². The summed E-state index contributed by atoms with van der Waals surface area (Å²) in [6, 6.07) is 15.7. The van der Waals surface area contributed by atoms with Crippen molar-refractivity contribution >= 4 is 22.9 Å². The SMILES string of the molecule is COCCCn1cc(C)c2ccc(C(=O)N(C[C@@H]3CNC[C@H]3OC(=O)NCc3ccccc3)C(C)C)cc21. The van der Waals surface area contributed by atoms with E-state index in [-0.39, 0.29) is 24.0 Å². The molecule has 8 heteroatoms. The minimum absolute atomic E-state index is 0.00146. The summed E-state index contributed by atoms with van der Waals surface area (Å²) in [6.45, 7) is 9.86. The van der Waals surface area contributed by atoms with Gasteiger partial charge in [0.2, 0.25) is 0 Å². The van der Waals surface area contributed by atoms with Crippen molar-refractivity contribution in [2.24, 2.45) is 5.92 Å². The van der Waals surface area contributed by atoms with Crippen molar-refractivity contribution in [3.63, 3.8) is 0 Å². The van der Waals surface area contributed by atoms with Crippen LogP contribution in [0.3, 0.4) is 0 Å². The van der Waals surface area contributed by atoms with Crippen molar-refractivity contribution < 1.29 is 19.1 Å². The first kappa shape index (κ1) is 27.7. The lowest BCUT2D eigenvalue weighted by Gasteiger charge is -2.31. The third-order valence-electron chi connectivity index (χ3n) is 7.21. The average molecular weight is 521 g/mol. The van der Waals surface area contributed by atoms with Gasteiger partial charge in [-0.05, 0) is 50.5 Å². The number of benzene rings is 2. The summed E-state index contributed by atoms with van der Waals surface area (Å²) in [6.07, 6.45) is 2.31. The molecule has 0 aliphatic carbocycles. The smallest absolute Gasteiger partial charge is 0.407 e. The highest BCUT2D eigenvalue weighted by molar-refractivity contribution is 5.98. The first-order valence-corrected chi connectivity index (χ1v) is 13.5. The molecule has 0 spiro atoms. The fourth-order valence-corrected chi connectivity index (χ4v) is 5.10. The molecule has 2 atom stereocenters. The van der Waals surface area contributed by atoms with Gasteiger partial charge in [-0.2, -0.15) is 0 Å². The molecule has 3 aromatic rings. The van der Waals surface area contributed by atoms with Crippen molar-refractivity contribution in [2.45, 2.75) is 52.4 Å². The van der Waals surface area contributed by atoms with E-state index >= 15 is 0 Å². The maximum atomic E-state index is 13.7. The minimum atomic E-state index is -0.440. The van der Waals surface area contributed by atoms with E-state index in [0.717, 1.165) is 29.4 Å². The number of aromatic nitrogens is 1. The molecule has 0 unspecified atom stereocenters. The van der Waals surface area contributed by atoms with E-state index in [1.54, 1.807) is 7.11 Å². The summed E-state index contributed by atoms with van der Waals surface area (Å²) in [5.41, 5.74) is 3.94. The number of fused-ring (bicyclic) bond motifs is 1. The van der Waals surface area contributed by atoms with Crippen molar-refractivity contribution in [3.05, 3.63) is 71.4 Å². The van der Waals surface area contributed by atoms with Crippen LogP contribution in [0.15, 0.2) is 54.7 Å². The Morgan fingerprint density at radius 3 is 2.68 bits per heavy atom. The second-order valence-corrected chi connectivity index (χ2v) is 10.3. The Morgan fingerprint density at radius 1 is 1.16 bits per heavy atom. The van der Waals surface area contributed by atoms with Gasteiger partial charge in [-0.1, -0.05) is 36.4 Å². The molecule has 2 aromatic carbocycles. The van der Waals surface area contributed by atoms with Gasteiger partial charge in [-0.25, -0.2) is 4.79 Å². The normalized spacial score (nSPS) is 17.2. The van der Waals surface area contributed by atoms with Crippen LogP contribution in [0.2, 0.25) is 0 Å². The van der Waals surface area contributed by atoms with Crippen molar-refractivity contribution in [2.75, 3.05) is 33.4 Å². The Kier molecular flexibility index (Phi) is 9.42. The molecule has 0 bridgehead atoms. The predicted octanol–water partition coefficient (Wildman–Crippen LogP) is 4.35. The molecule has 0 radical (unpaired) electrons. The van der Waals surface area contributed by atoms with E-state index in [1.807, 2.05) is 67.3 Å². The van der Waals surface area contributed by atoms with Gasteiger partial charge in [0.25, 0.3) is 5.91 Å². The van der Waals surface area contributed by atoms with Crippen molar-refractivity contribution in [1.29, 1.82) is 0 Å². The van der Waals surface area contributed by atoms with E-state index in [0.29, 0.717) is 38.3 Å². The summed E-state index contributed by atoms with van der Waals surface area (Å²) in [4.78, 5) is 28.1. The summed E-state index contributed by atoms with van der Waals surface area (Å²) in [5.74, 6) is -0.00363. The molecule has 1 aromatic heterocycles. The second kappa shape index (κ2) is 12.9. The van der Waals surface area contributed by atoms with E-state index in [1.165, 1.54) is 5.56 Å². The lowest BCUT2D eigenvalue weighted by atomic mass is 10.0. The molecule has 2 amide bonds. The number of ether oxygens (including phenoxy) is 2. The Bertz CT molecular complexity index is 1220. The Morgan fingerprint density at radius 2 is 1.95 bits per heavy atom. The van der Waals surface area contributed by atoms with E-state index < -0.39 is 6.09 Å². The topological polar surface area (TPSA) is 84.8 Å². The maximum Gasteiger partial charge on any atom is 0.407 e. The van der Waals surface area contributed by atoms with Crippen LogP contribution >= 0.6 is 0 Å². The highest BCUT2D eigenvalue weighted by Gasteiger charge is 2.34. The van der Waals surface area contributed by atoms with Crippen LogP contribution in [0.5, 0.6) is 0 Å².